The lowest BCUT2D eigenvalue weighted by Gasteiger charge is -2.62. The summed E-state index contributed by atoms with van der Waals surface area (Å²) in [5, 5.41) is 21.8. The standard InChI is InChI=1S/C26H44O2/c1-5-25(27)13-12-23(3)18(16-25)6-7-19-21-9-8-20(17(2)26(28)14-15-26)24(21,4)11-10-22(19)23/h17-22,27-28H,5-16H2,1-4H3/t17-,18-,19-,20+,21-,22-,23-,24+,25-/m0/s1. The Labute approximate surface area is 172 Å². The fourth-order valence-corrected chi connectivity index (χ4v) is 9.46. The van der Waals surface area contributed by atoms with Gasteiger partial charge in [0, 0.05) is 0 Å². The molecule has 2 nitrogen and oxygen atoms in total. The molecule has 2 N–H and O–H groups in total. The molecule has 0 saturated heterocycles. The van der Waals surface area contributed by atoms with Crippen molar-refractivity contribution in [3.8, 4) is 0 Å². The Morgan fingerprint density at radius 1 is 0.821 bits per heavy atom. The summed E-state index contributed by atoms with van der Waals surface area (Å²) < 4.78 is 0. The highest BCUT2D eigenvalue weighted by Crippen LogP contribution is 2.70. The second-order valence-electron chi connectivity index (χ2n) is 12.6. The predicted molar refractivity (Wildman–Crippen MR) is 114 cm³/mol. The number of hydrogen-bond donors (Lipinski definition) is 2. The quantitative estimate of drug-likeness (QED) is 0.627. The van der Waals surface area contributed by atoms with E-state index in [9.17, 15) is 10.2 Å². The molecule has 0 spiro atoms. The van der Waals surface area contributed by atoms with E-state index in [-0.39, 0.29) is 11.2 Å². The van der Waals surface area contributed by atoms with E-state index in [0.29, 0.717) is 16.7 Å². The first-order chi connectivity index (χ1) is 13.2. The first-order valence-corrected chi connectivity index (χ1v) is 12.6. The van der Waals surface area contributed by atoms with E-state index in [1.54, 1.807) is 0 Å². The molecule has 0 aromatic carbocycles. The van der Waals surface area contributed by atoms with Crippen molar-refractivity contribution in [2.24, 2.45) is 46.3 Å². The summed E-state index contributed by atoms with van der Waals surface area (Å²) in [6, 6.07) is 0. The van der Waals surface area contributed by atoms with Gasteiger partial charge >= 0.3 is 0 Å². The van der Waals surface area contributed by atoms with Gasteiger partial charge in [0.15, 0.2) is 0 Å². The van der Waals surface area contributed by atoms with E-state index < -0.39 is 0 Å². The highest BCUT2D eigenvalue weighted by molar-refractivity contribution is 5.13. The Morgan fingerprint density at radius 3 is 2.21 bits per heavy atom. The van der Waals surface area contributed by atoms with Gasteiger partial charge in [0.1, 0.15) is 0 Å². The van der Waals surface area contributed by atoms with Crippen LogP contribution >= 0.6 is 0 Å². The Morgan fingerprint density at radius 2 is 1.54 bits per heavy atom. The summed E-state index contributed by atoms with van der Waals surface area (Å²) in [7, 11) is 0. The minimum atomic E-state index is -0.381. The Kier molecular flexibility index (Phi) is 4.41. The van der Waals surface area contributed by atoms with E-state index in [1.807, 2.05) is 0 Å². The molecule has 28 heavy (non-hydrogen) atoms. The number of fused-ring (bicyclic) bond motifs is 5. The molecule has 5 aliphatic carbocycles. The Bertz CT molecular complexity index is 626. The van der Waals surface area contributed by atoms with E-state index in [0.717, 1.165) is 61.7 Å². The minimum absolute atomic E-state index is 0.322. The highest BCUT2D eigenvalue weighted by Gasteiger charge is 2.63. The molecule has 5 fully saturated rings. The van der Waals surface area contributed by atoms with E-state index in [2.05, 4.69) is 27.7 Å². The SMILES string of the molecule is CC[C@]1(O)CC[C@@]2(C)[C@@H](CC[C@@H]3[C@@H]2CC[C@]2(C)[C@@H]([C@H](C)C4(O)CC4)CC[C@@H]32)C1. The van der Waals surface area contributed by atoms with Crippen LogP contribution in [0.3, 0.4) is 0 Å². The van der Waals surface area contributed by atoms with Crippen LogP contribution in [0.25, 0.3) is 0 Å². The van der Waals surface area contributed by atoms with Gasteiger partial charge in [-0.3, -0.25) is 0 Å². The average molecular weight is 389 g/mol. The van der Waals surface area contributed by atoms with Crippen LogP contribution < -0.4 is 0 Å². The van der Waals surface area contributed by atoms with Crippen molar-refractivity contribution in [3.63, 3.8) is 0 Å². The third kappa shape index (κ3) is 2.65. The summed E-state index contributed by atoms with van der Waals surface area (Å²) in [6.07, 6.45) is 14.6. The smallest absolute Gasteiger partial charge is 0.0678 e. The largest absolute Gasteiger partial charge is 0.390 e. The molecule has 0 amide bonds. The van der Waals surface area contributed by atoms with Crippen molar-refractivity contribution in [1.29, 1.82) is 0 Å². The van der Waals surface area contributed by atoms with Crippen LogP contribution in [0, 0.1) is 46.3 Å². The van der Waals surface area contributed by atoms with E-state index in [1.165, 1.54) is 44.9 Å². The van der Waals surface area contributed by atoms with Gasteiger partial charge in [-0.05, 0) is 123 Å². The summed E-state index contributed by atoms with van der Waals surface area (Å²) in [6.45, 7) is 9.75. The summed E-state index contributed by atoms with van der Waals surface area (Å²) >= 11 is 0. The Balaban J connectivity index is 1.38. The van der Waals surface area contributed by atoms with E-state index in [4.69, 9.17) is 0 Å². The van der Waals surface area contributed by atoms with Crippen LogP contribution in [0.15, 0.2) is 0 Å². The van der Waals surface area contributed by atoms with Crippen LogP contribution in [0.5, 0.6) is 0 Å². The molecule has 5 aliphatic rings. The maximum atomic E-state index is 11.0. The van der Waals surface area contributed by atoms with Gasteiger partial charge in [0.2, 0.25) is 0 Å². The molecule has 0 bridgehead atoms. The summed E-state index contributed by atoms with van der Waals surface area (Å²) in [4.78, 5) is 0. The monoisotopic (exact) mass is 388 g/mol. The lowest BCUT2D eigenvalue weighted by atomic mass is 9.43. The molecule has 0 aromatic rings. The maximum absolute atomic E-state index is 11.0. The zero-order chi connectivity index (χ0) is 19.9. The lowest BCUT2D eigenvalue weighted by molar-refractivity contribution is -0.154. The van der Waals surface area contributed by atoms with Crippen molar-refractivity contribution < 1.29 is 10.2 Å². The van der Waals surface area contributed by atoms with Crippen LogP contribution in [-0.2, 0) is 0 Å². The molecular formula is C26H44O2. The van der Waals surface area contributed by atoms with Crippen molar-refractivity contribution in [3.05, 3.63) is 0 Å². The zero-order valence-corrected chi connectivity index (χ0v) is 18.8. The molecule has 0 aliphatic heterocycles. The van der Waals surface area contributed by atoms with Crippen LogP contribution in [0.1, 0.15) is 105 Å². The first kappa shape index (κ1) is 19.9. The third-order valence-corrected chi connectivity index (χ3v) is 11.8. The molecule has 160 valence electrons. The predicted octanol–water partition coefficient (Wildman–Crippen LogP) is 5.95. The van der Waals surface area contributed by atoms with Crippen molar-refractivity contribution >= 4 is 0 Å². The summed E-state index contributed by atoms with van der Waals surface area (Å²) in [5.41, 5.74) is 0.218. The number of aliphatic hydroxyl groups is 2. The van der Waals surface area contributed by atoms with Crippen molar-refractivity contribution in [2.75, 3.05) is 0 Å². The molecule has 5 rings (SSSR count). The number of hydrogen-bond acceptors (Lipinski definition) is 2. The molecule has 5 saturated carbocycles. The van der Waals surface area contributed by atoms with Gasteiger partial charge < -0.3 is 10.2 Å². The average Bonchev–Trinajstić information content (AvgIpc) is 3.32. The van der Waals surface area contributed by atoms with Gasteiger partial charge in [-0.25, -0.2) is 0 Å². The Hall–Kier alpha value is -0.0800. The second-order valence-corrected chi connectivity index (χ2v) is 12.6. The first-order valence-electron chi connectivity index (χ1n) is 12.6. The second kappa shape index (κ2) is 6.22. The lowest BCUT2D eigenvalue weighted by Crippen LogP contribution is -2.56. The minimum Gasteiger partial charge on any atom is -0.390 e. The van der Waals surface area contributed by atoms with Crippen LogP contribution in [0.4, 0.5) is 0 Å². The van der Waals surface area contributed by atoms with Gasteiger partial charge in [0.25, 0.3) is 0 Å². The molecule has 0 radical (unpaired) electrons. The fourth-order valence-electron chi connectivity index (χ4n) is 9.46. The van der Waals surface area contributed by atoms with Gasteiger partial charge in [-0.2, -0.15) is 0 Å². The molecule has 2 heteroatoms. The topological polar surface area (TPSA) is 40.5 Å². The molecular weight excluding hydrogens is 344 g/mol. The van der Waals surface area contributed by atoms with E-state index >= 15 is 0 Å². The molecule has 0 unspecified atom stereocenters. The van der Waals surface area contributed by atoms with Gasteiger partial charge in [-0.1, -0.05) is 27.7 Å². The zero-order valence-electron chi connectivity index (χ0n) is 18.8. The van der Waals surface area contributed by atoms with Crippen molar-refractivity contribution in [1.82, 2.24) is 0 Å². The van der Waals surface area contributed by atoms with Gasteiger partial charge in [-0.15, -0.1) is 0 Å². The fraction of sp³-hybridized carbons (Fsp3) is 1.00. The molecule has 9 atom stereocenters. The molecule has 0 heterocycles. The molecule has 0 aromatic heterocycles. The van der Waals surface area contributed by atoms with Crippen LogP contribution in [-0.4, -0.2) is 21.4 Å². The number of rotatable bonds is 3. The van der Waals surface area contributed by atoms with Crippen molar-refractivity contribution in [2.45, 2.75) is 116 Å². The van der Waals surface area contributed by atoms with Crippen LogP contribution in [0.2, 0.25) is 0 Å². The normalized spacial score (nSPS) is 55.7. The van der Waals surface area contributed by atoms with Gasteiger partial charge in [0.05, 0.1) is 11.2 Å². The highest BCUT2D eigenvalue weighted by atomic mass is 16.3. The third-order valence-electron chi connectivity index (χ3n) is 11.8. The summed E-state index contributed by atoms with van der Waals surface area (Å²) in [5.74, 6) is 4.61. The maximum Gasteiger partial charge on any atom is 0.0678 e.